The summed E-state index contributed by atoms with van der Waals surface area (Å²) < 4.78 is 5.71. The van der Waals surface area contributed by atoms with Gasteiger partial charge in [-0.3, -0.25) is 0 Å². The van der Waals surface area contributed by atoms with Gasteiger partial charge in [0.15, 0.2) is 0 Å². The number of fused-ring (bicyclic) bond motifs is 1. The van der Waals surface area contributed by atoms with E-state index in [0.29, 0.717) is 12.4 Å². The van der Waals surface area contributed by atoms with Crippen LogP contribution < -0.4 is 4.74 Å². The summed E-state index contributed by atoms with van der Waals surface area (Å²) in [4.78, 5) is 3.25. The van der Waals surface area contributed by atoms with E-state index in [1.165, 1.54) is 10.9 Å². The molecule has 1 aromatic heterocycles. The van der Waals surface area contributed by atoms with Gasteiger partial charge >= 0.3 is 0 Å². The summed E-state index contributed by atoms with van der Waals surface area (Å²) in [5.41, 5.74) is 3.47. The van der Waals surface area contributed by atoms with Crippen LogP contribution in [-0.2, 0) is 6.61 Å². The van der Waals surface area contributed by atoms with Gasteiger partial charge < -0.3 is 14.8 Å². The summed E-state index contributed by atoms with van der Waals surface area (Å²) in [6.07, 6.45) is 1.97. The first-order valence-corrected chi connectivity index (χ1v) is 6.21. The van der Waals surface area contributed by atoms with E-state index >= 15 is 0 Å². The van der Waals surface area contributed by atoms with E-state index in [-0.39, 0.29) is 5.75 Å². The molecule has 0 amide bonds. The van der Waals surface area contributed by atoms with Gasteiger partial charge in [-0.15, -0.1) is 0 Å². The van der Waals surface area contributed by atoms with E-state index in [2.05, 4.69) is 24.0 Å². The number of ether oxygens (including phenoxy) is 1. The molecule has 0 atom stereocenters. The van der Waals surface area contributed by atoms with Gasteiger partial charge in [0.05, 0.1) is 0 Å². The summed E-state index contributed by atoms with van der Waals surface area (Å²) in [5, 5.41) is 10.6. The van der Waals surface area contributed by atoms with Crippen LogP contribution in [0.15, 0.2) is 48.7 Å². The largest absolute Gasteiger partial charge is 0.508 e. The highest BCUT2D eigenvalue weighted by Crippen LogP contribution is 2.24. The third-order valence-electron chi connectivity index (χ3n) is 3.21. The molecule has 0 spiro atoms. The lowest BCUT2D eigenvalue weighted by atomic mass is 10.1. The average Bonchev–Trinajstić information content (AvgIpc) is 2.81. The van der Waals surface area contributed by atoms with Crippen LogP contribution in [0.1, 0.15) is 11.1 Å². The maximum atomic E-state index is 9.40. The van der Waals surface area contributed by atoms with E-state index in [9.17, 15) is 5.11 Å². The van der Waals surface area contributed by atoms with Crippen molar-refractivity contribution >= 4 is 10.9 Å². The molecule has 3 rings (SSSR count). The highest BCUT2D eigenvalue weighted by atomic mass is 16.5. The summed E-state index contributed by atoms with van der Waals surface area (Å²) in [6, 6.07) is 13.0. The number of aromatic amines is 1. The first-order chi connectivity index (χ1) is 9.24. The number of phenols is 1. The lowest BCUT2D eigenvalue weighted by Gasteiger charge is -2.06. The van der Waals surface area contributed by atoms with Crippen LogP contribution in [0.2, 0.25) is 0 Å². The van der Waals surface area contributed by atoms with Gasteiger partial charge in [0.1, 0.15) is 18.1 Å². The van der Waals surface area contributed by atoms with Crippen molar-refractivity contribution in [3.05, 3.63) is 59.8 Å². The van der Waals surface area contributed by atoms with Crippen LogP contribution >= 0.6 is 0 Å². The molecule has 0 saturated heterocycles. The quantitative estimate of drug-likeness (QED) is 0.746. The predicted octanol–water partition coefficient (Wildman–Crippen LogP) is 3.76. The molecular formula is C16H15NO2. The van der Waals surface area contributed by atoms with Crippen LogP contribution in [0.3, 0.4) is 0 Å². The number of aromatic nitrogens is 1. The zero-order valence-corrected chi connectivity index (χ0v) is 10.7. The topological polar surface area (TPSA) is 45.2 Å². The SMILES string of the molecule is Cc1cccc2[nH]cc(COc3cccc(O)c3)c12. The van der Waals surface area contributed by atoms with Gasteiger partial charge in [-0.2, -0.15) is 0 Å². The Kier molecular flexibility index (Phi) is 2.88. The molecule has 19 heavy (non-hydrogen) atoms. The zero-order chi connectivity index (χ0) is 13.2. The highest BCUT2D eigenvalue weighted by Gasteiger charge is 2.06. The van der Waals surface area contributed by atoms with Crippen molar-refractivity contribution in [1.82, 2.24) is 4.98 Å². The molecule has 0 aliphatic carbocycles. The van der Waals surface area contributed by atoms with Crippen molar-refractivity contribution in [3.63, 3.8) is 0 Å². The molecule has 3 aromatic rings. The number of hydrogen-bond acceptors (Lipinski definition) is 2. The fourth-order valence-corrected chi connectivity index (χ4v) is 2.30. The summed E-state index contributed by atoms with van der Waals surface area (Å²) in [5.74, 6) is 0.885. The Morgan fingerprint density at radius 3 is 2.84 bits per heavy atom. The molecule has 0 fully saturated rings. The Bertz CT molecular complexity index is 716. The molecular weight excluding hydrogens is 238 g/mol. The number of H-pyrrole nitrogens is 1. The third kappa shape index (κ3) is 2.27. The van der Waals surface area contributed by atoms with Crippen LogP contribution in [0, 0.1) is 6.92 Å². The van der Waals surface area contributed by atoms with Crippen molar-refractivity contribution in [2.45, 2.75) is 13.5 Å². The summed E-state index contributed by atoms with van der Waals surface area (Å²) >= 11 is 0. The second-order valence-electron chi connectivity index (χ2n) is 4.60. The molecule has 0 unspecified atom stereocenters. The van der Waals surface area contributed by atoms with Crippen molar-refractivity contribution in [3.8, 4) is 11.5 Å². The van der Waals surface area contributed by atoms with Crippen LogP contribution in [-0.4, -0.2) is 10.1 Å². The van der Waals surface area contributed by atoms with Gasteiger partial charge in [0, 0.05) is 28.7 Å². The fraction of sp³-hybridized carbons (Fsp3) is 0.125. The number of phenolic OH excluding ortho intramolecular Hbond substituents is 1. The first kappa shape index (κ1) is 11.7. The van der Waals surface area contributed by atoms with E-state index in [4.69, 9.17) is 4.74 Å². The number of benzene rings is 2. The number of aryl methyl sites for hydroxylation is 1. The lowest BCUT2D eigenvalue weighted by Crippen LogP contribution is -1.94. The minimum absolute atomic E-state index is 0.215. The van der Waals surface area contributed by atoms with E-state index in [0.717, 1.165) is 11.1 Å². The number of rotatable bonds is 3. The summed E-state index contributed by atoms with van der Waals surface area (Å²) in [7, 11) is 0. The number of nitrogens with one attached hydrogen (secondary N) is 1. The van der Waals surface area contributed by atoms with Gasteiger partial charge in [0.25, 0.3) is 0 Å². The van der Waals surface area contributed by atoms with Crippen molar-refractivity contribution in [2.75, 3.05) is 0 Å². The number of hydrogen-bond donors (Lipinski definition) is 2. The number of aromatic hydroxyl groups is 1. The van der Waals surface area contributed by atoms with Gasteiger partial charge in [-0.1, -0.05) is 18.2 Å². The summed E-state index contributed by atoms with van der Waals surface area (Å²) in [6.45, 7) is 2.57. The minimum Gasteiger partial charge on any atom is -0.508 e. The van der Waals surface area contributed by atoms with Crippen molar-refractivity contribution < 1.29 is 9.84 Å². The molecule has 3 heteroatoms. The Labute approximate surface area is 111 Å². The van der Waals surface area contributed by atoms with E-state index < -0.39 is 0 Å². The van der Waals surface area contributed by atoms with Crippen LogP contribution in [0.4, 0.5) is 0 Å². The van der Waals surface area contributed by atoms with Crippen LogP contribution in [0.5, 0.6) is 11.5 Å². The third-order valence-corrected chi connectivity index (χ3v) is 3.21. The van der Waals surface area contributed by atoms with Crippen molar-refractivity contribution in [1.29, 1.82) is 0 Å². The monoisotopic (exact) mass is 253 g/mol. The Morgan fingerprint density at radius 2 is 2.00 bits per heavy atom. The lowest BCUT2D eigenvalue weighted by molar-refractivity contribution is 0.306. The molecule has 0 radical (unpaired) electrons. The zero-order valence-electron chi connectivity index (χ0n) is 10.7. The maximum Gasteiger partial charge on any atom is 0.123 e. The smallest absolute Gasteiger partial charge is 0.123 e. The maximum absolute atomic E-state index is 9.40. The second kappa shape index (κ2) is 4.69. The molecule has 1 heterocycles. The normalized spacial score (nSPS) is 10.8. The molecule has 96 valence electrons. The Balaban J connectivity index is 1.86. The van der Waals surface area contributed by atoms with Gasteiger partial charge in [-0.05, 0) is 30.7 Å². The molecule has 0 aliphatic rings. The molecule has 2 N–H and O–H groups in total. The van der Waals surface area contributed by atoms with E-state index in [1.54, 1.807) is 18.2 Å². The first-order valence-electron chi connectivity index (χ1n) is 6.21. The minimum atomic E-state index is 0.215. The van der Waals surface area contributed by atoms with Crippen LogP contribution in [0.25, 0.3) is 10.9 Å². The molecule has 0 saturated carbocycles. The Hall–Kier alpha value is -2.42. The van der Waals surface area contributed by atoms with Gasteiger partial charge in [0.2, 0.25) is 0 Å². The molecule has 2 aromatic carbocycles. The van der Waals surface area contributed by atoms with Crippen molar-refractivity contribution in [2.24, 2.45) is 0 Å². The average molecular weight is 253 g/mol. The Morgan fingerprint density at radius 1 is 1.16 bits per heavy atom. The highest BCUT2D eigenvalue weighted by molar-refractivity contribution is 5.86. The fourth-order valence-electron chi connectivity index (χ4n) is 2.30. The molecule has 0 bridgehead atoms. The standard InChI is InChI=1S/C16H15NO2/c1-11-4-2-7-15-16(11)12(9-17-15)10-19-14-6-3-5-13(18)8-14/h2-9,17-18H,10H2,1H3. The van der Waals surface area contributed by atoms with Gasteiger partial charge in [-0.25, -0.2) is 0 Å². The molecule has 3 nitrogen and oxygen atoms in total. The second-order valence-corrected chi connectivity index (χ2v) is 4.60. The predicted molar refractivity (Wildman–Crippen MR) is 75.5 cm³/mol. The van der Waals surface area contributed by atoms with E-state index in [1.807, 2.05) is 18.3 Å². The molecule has 0 aliphatic heterocycles.